The van der Waals surface area contributed by atoms with E-state index in [1.165, 1.54) is 12.8 Å². The molecule has 0 amide bonds. The van der Waals surface area contributed by atoms with Crippen molar-refractivity contribution in [3.63, 3.8) is 0 Å². The van der Waals surface area contributed by atoms with E-state index in [1.54, 1.807) is 6.20 Å². The fraction of sp³-hybridized carbons (Fsp3) is 0.500. The molecule has 0 spiro atoms. The lowest BCUT2D eigenvalue weighted by Gasteiger charge is -2.09. The van der Waals surface area contributed by atoms with Crippen molar-refractivity contribution >= 4 is 0 Å². The summed E-state index contributed by atoms with van der Waals surface area (Å²) in [5.74, 6) is 0. The Kier molecular flexibility index (Phi) is 2.70. The lowest BCUT2D eigenvalue weighted by Crippen LogP contribution is -2.21. The lowest BCUT2D eigenvalue weighted by molar-refractivity contribution is 0.499. The maximum Gasteiger partial charge on any atom is 0.140 e. The van der Waals surface area contributed by atoms with Gasteiger partial charge in [-0.05, 0) is 36.0 Å². The summed E-state index contributed by atoms with van der Waals surface area (Å²) in [6.07, 6.45) is 4.36. The lowest BCUT2D eigenvalue weighted by atomic mass is 10.1. The van der Waals surface area contributed by atoms with Crippen molar-refractivity contribution < 1.29 is 0 Å². The normalized spacial score (nSPS) is 17.1. The van der Waals surface area contributed by atoms with Gasteiger partial charge in [-0.25, -0.2) is 4.98 Å². The van der Waals surface area contributed by atoms with Gasteiger partial charge in [0.1, 0.15) is 11.8 Å². The Morgan fingerprint density at radius 3 is 3.07 bits per heavy atom. The topological polar surface area (TPSA) is 48.7 Å². The molecule has 15 heavy (non-hydrogen) atoms. The maximum absolute atomic E-state index is 8.69. The van der Waals surface area contributed by atoms with Crippen molar-refractivity contribution in [3.05, 3.63) is 29.6 Å². The van der Waals surface area contributed by atoms with E-state index in [4.69, 9.17) is 5.26 Å². The van der Waals surface area contributed by atoms with Gasteiger partial charge >= 0.3 is 0 Å². The summed E-state index contributed by atoms with van der Waals surface area (Å²) in [7, 11) is 0. The summed E-state index contributed by atoms with van der Waals surface area (Å²) in [6.45, 7) is 4.19. The molecule has 0 aliphatic heterocycles. The zero-order chi connectivity index (χ0) is 10.7. The van der Waals surface area contributed by atoms with Crippen molar-refractivity contribution in [2.45, 2.75) is 26.3 Å². The van der Waals surface area contributed by atoms with Gasteiger partial charge in [0, 0.05) is 19.3 Å². The Hall–Kier alpha value is -1.40. The van der Waals surface area contributed by atoms with Crippen LogP contribution < -0.4 is 5.32 Å². The van der Waals surface area contributed by atoms with Crippen LogP contribution in [0.4, 0.5) is 0 Å². The zero-order valence-corrected chi connectivity index (χ0v) is 8.95. The molecule has 1 heterocycles. The van der Waals surface area contributed by atoms with E-state index >= 15 is 0 Å². The average molecular weight is 201 g/mol. The highest BCUT2D eigenvalue weighted by Gasteiger charge is 2.36. The second kappa shape index (κ2) is 4.00. The molecule has 0 saturated heterocycles. The number of nitriles is 1. The minimum atomic E-state index is 0.493. The van der Waals surface area contributed by atoms with Crippen molar-refractivity contribution in [1.82, 2.24) is 10.3 Å². The van der Waals surface area contributed by atoms with E-state index < -0.39 is 0 Å². The first kappa shape index (κ1) is 10.1. The standard InChI is InChI=1S/C12H15N3/c1-12(3-4-12)9-14-8-10-2-5-15-11(6-10)7-13/h2,5-6,14H,3-4,8-9H2,1H3. The first-order chi connectivity index (χ1) is 7.22. The van der Waals surface area contributed by atoms with Gasteiger partial charge < -0.3 is 5.32 Å². The first-order valence-corrected chi connectivity index (χ1v) is 5.28. The second-order valence-corrected chi connectivity index (χ2v) is 4.58. The van der Waals surface area contributed by atoms with Gasteiger partial charge in [0.15, 0.2) is 0 Å². The average Bonchev–Trinajstić information content (AvgIpc) is 2.97. The van der Waals surface area contributed by atoms with Crippen LogP contribution in [0.25, 0.3) is 0 Å². The van der Waals surface area contributed by atoms with Crippen molar-refractivity contribution in [2.24, 2.45) is 5.41 Å². The van der Waals surface area contributed by atoms with Gasteiger partial charge in [-0.2, -0.15) is 5.26 Å². The first-order valence-electron chi connectivity index (χ1n) is 5.28. The third-order valence-electron chi connectivity index (χ3n) is 2.92. The Labute approximate surface area is 90.1 Å². The molecule has 78 valence electrons. The number of pyridine rings is 1. The molecule has 3 heteroatoms. The number of hydrogen-bond acceptors (Lipinski definition) is 3. The monoisotopic (exact) mass is 201 g/mol. The molecule has 1 N–H and O–H groups in total. The zero-order valence-electron chi connectivity index (χ0n) is 8.95. The molecule has 1 aromatic heterocycles. The molecule has 1 fully saturated rings. The fourth-order valence-corrected chi connectivity index (χ4v) is 1.54. The summed E-state index contributed by atoms with van der Waals surface area (Å²) >= 11 is 0. The van der Waals surface area contributed by atoms with Gasteiger partial charge in [-0.15, -0.1) is 0 Å². The second-order valence-electron chi connectivity index (χ2n) is 4.58. The van der Waals surface area contributed by atoms with E-state index in [2.05, 4.69) is 17.2 Å². The number of rotatable bonds is 4. The quantitative estimate of drug-likeness (QED) is 0.808. The highest BCUT2D eigenvalue weighted by atomic mass is 14.9. The molecule has 0 bridgehead atoms. The van der Waals surface area contributed by atoms with Crippen LogP contribution in [0, 0.1) is 16.7 Å². The van der Waals surface area contributed by atoms with E-state index in [-0.39, 0.29) is 0 Å². The molecule has 1 saturated carbocycles. The summed E-state index contributed by atoms with van der Waals surface area (Å²) in [5, 5.41) is 12.1. The maximum atomic E-state index is 8.69. The van der Waals surface area contributed by atoms with E-state index in [0.717, 1.165) is 18.7 Å². The molecule has 0 aromatic carbocycles. The smallest absolute Gasteiger partial charge is 0.140 e. The molecule has 0 unspecified atom stereocenters. The predicted octanol–water partition coefficient (Wildman–Crippen LogP) is 1.84. The fourth-order valence-electron chi connectivity index (χ4n) is 1.54. The summed E-state index contributed by atoms with van der Waals surface area (Å²) in [6, 6.07) is 5.83. The molecular formula is C12H15N3. The molecule has 3 nitrogen and oxygen atoms in total. The van der Waals surface area contributed by atoms with Crippen LogP contribution in [-0.2, 0) is 6.54 Å². The van der Waals surface area contributed by atoms with Crippen LogP contribution in [0.15, 0.2) is 18.3 Å². The van der Waals surface area contributed by atoms with Crippen LogP contribution in [0.5, 0.6) is 0 Å². The van der Waals surface area contributed by atoms with E-state index in [1.807, 2.05) is 18.2 Å². The van der Waals surface area contributed by atoms with Gasteiger partial charge in [-0.3, -0.25) is 0 Å². The number of nitrogens with one attached hydrogen (secondary N) is 1. The van der Waals surface area contributed by atoms with Gasteiger partial charge in [0.25, 0.3) is 0 Å². The molecule has 1 aliphatic carbocycles. The van der Waals surface area contributed by atoms with Crippen molar-refractivity contribution in [2.75, 3.05) is 6.54 Å². The van der Waals surface area contributed by atoms with Crippen LogP contribution in [0.2, 0.25) is 0 Å². The van der Waals surface area contributed by atoms with Crippen LogP contribution in [-0.4, -0.2) is 11.5 Å². The van der Waals surface area contributed by atoms with Crippen molar-refractivity contribution in [1.29, 1.82) is 5.26 Å². The molecule has 1 aliphatic rings. The molecule has 0 radical (unpaired) electrons. The van der Waals surface area contributed by atoms with Crippen LogP contribution in [0.3, 0.4) is 0 Å². The molecular weight excluding hydrogens is 186 g/mol. The molecule has 0 atom stereocenters. The summed E-state index contributed by atoms with van der Waals surface area (Å²) in [4.78, 5) is 3.94. The number of aromatic nitrogens is 1. The Balaban J connectivity index is 1.85. The van der Waals surface area contributed by atoms with E-state index in [9.17, 15) is 0 Å². The third kappa shape index (κ3) is 2.77. The van der Waals surface area contributed by atoms with Gasteiger partial charge in [-0.1, -0.05) is 6.92 Å². The van der Waals surface area contributed by atoms with Crippen LogP contribution >= 0.6 is 0 Å². The summed E-state index contributed by atoms with van der Waals surface area (Å²) < 4.78 is 0. The highest BCUT2D eigenvalue weighted by Crippen LogP contribution is 2.44. The van der Waals surface area contributed by atoms with Gasteiger partial charge in [0.2, 0.25) is 0 Å². The number of nitrogens with zero attached hydrogens (tertiary/aromatic N) is 2. The van der Waals surface area contributed by atoms with Crippen molar-refractivity contribution in [3.8, 4) is 6.07 Å². The van der Waals surface area contributed by atoms with E-state index in [0.29, 0.717) is 11.1 Å². The largest absolute Gasteiger partial charge is 0.312 e. The Morgan fingerprint density at radius 2 is 2.40 bits per heavy atom. The predicted molar refractivity (Wildman–Crippen MR) is 58.0 cm³/mol. The molecule has 2 rings (SSSR count). The third-order valence-corrected chi connectivity index (χ3v) is 2.92. The highest BCUT2D eigenvalue weighted by molar-refractivity contribution is 5.25. The Bertz CT molecular complexity index is 388. The molecule has 1 aromatic rings. The van der Waals surface area contributed by atoms with Gasteiger partial charge in [0.05, 0.1) is 0 Å². The minimum Gasteiger partial charge on any atom is -0.312 e. The Morgan fingerprint density at radius 1 is 1.60 bits per heavy atom. The SMILES string of the molecule is CC1(CNCc2ccnc(C#N)c2)CC1. The number of hydrogen-bond donors (Lipinski definition) is 1. The minimum absolute atomic E-state index is 0.493. The summed E-state index contributed by atoms with van der Waals surface area (Å²) in [5.41, 5.74) is 2.16. The van der Waals surface area contributed by atoms with Crippen LogP contribution in [0.1, 0.15) is 31.0 Å².